The van der Waals surface area contributed by atoms with Crippen LogP contribution in [0.4, 0.5) is 5.69 Å². The van der Waals surface area contributed by atoms with E-state index in [1.54, 1.807) is 29.9 Å². The fourth-order valence-corrected chi connectivity index (χ4v) is 2.01. The van der Waals surface area contributed by atoms with Crippen molar-refractivity contribution < 1.29 is 9.90 Å². The number of amides is 1. The number of carbonyl (C=O) groups excluding carboxylic acids is 1. The minimum atomic E-state index is -0.266. The molecule has 0 aliphatic heterocycles. The molecule has 2 rings (SSSR count). The first kappa shape index (κ1) is 11.6. The summed E-state index contributed by atoms with van der Waals surface area (Å²) in [5.41, 5.74) is 4.04. The average molecular weight is 248 g/mol. The van der Waals surface area contributed by atoms with Gasteiger partial charge in [0.2, 0.25) is 0 Å². The third kappa shape index (κ3) is 2.29. The zero-order valence-electron chi connectivity index (χ0n) is 9.52. The number of phenols is 1. The number of anilines is 1. The monoisotopic (exact) mass is 248 g/mol. The fourth-order valence-electron chi connectivity index (χ4n) is 1.48. The third-order valence-corrected chi connectivity index (χ3v) is 3.13. The molecule has 2 N–H and O–H groups in total. The smallest absolute Gasteiger partial charge is 0.275 e. The van der Waals surface area contributed by atoms with Gasteiger partial charge in [-0.3, -0.25) is 4.79 Å². The van der Waals surface area contributed by atoms with E-state index in [0.29, 0.717) is 16.9 Å². The molecule has 2 aromatic rings. The van der Waals surface area contributed by atoms with Gasteiger partial charge in [-0.15, -0.1) is 11.3 Å². The van der Waals surface area contributed by atoms with Gasteiger partial charge < -0.3 is 10.4 Å². The molecule has 0 saturated carbocycles. The van der Waals surface area contributed by atoms with Gasteiger partial charge in [0.05, 0.1) is 5.51 Å². The van der Waals surface area contributed by atoms with Crippen LogP contribution in [0.25, 0.3) is 0 Å². The van der Waals surface area contributed by atoms with Crippen molar-refractivity contribution in [1.82, 2.24) is 4.98 Å². The summed E-state index contributed by atoms with van der Waals surface area (Å²) in [6.07, 6.45) is 0. The molecule has 1 aromatic heterocycles. The molecule has 1 heterocycles. The molecule has 0 aliphatic carbocycles. The van der Waals surface area contributed by atoms with Crippen LogP contribution in [0.2, 0.25) is 0 Å². The van der Waals surface area contributed by atoms with Crippen LogP contribution < -0.4 is 5.32 Å². The lowest BCUT2D eigenvalue weighted by Crippen LogP contribution is -2.13. The number of nitrogens with one attached hydrogen (secondary N) is 1. The van der Waals surface area contributed by atoms with Crippen molar-refractivity contribution in [2.45, 2.75) is 13.8 Å². The van der Waals surface area contributed by atoms with E-state index < -0.39 is 0 Å². The predicted octanol–water partition coefficient (Wildman–Crippen LogP) is 2.72. The van der Waals surface area contributed by atoms with Crippen molar-refractivity contribution in [2.24, 2.45) is 0 Å². The molecule has 5 heteroatoms. The Morgan fingerprint density at radius 3 is 2.82 bits per heavy atom. The highest BCUT2D eigenvalue weighted by Gasteiger charge is 2.11. The maximum atomic E-state index is 11.8. The largest absolute Gasteiger partial charge is 0.507 e. The van der Waals surface area contributed by atoms with E-state index in [1.807, 2.05) is 6.92 Å². The van der Waals surface area contributed by atoms with Crippen LogP contribution in [-0.2, 0) is 0 Å². The second kappa shape index (κ2) is 4.55. The Morgan fingerprint density at radius 2 is 2.18 bits per heavy atom. The Bertz CT molecular complexity index is 550. The lowest BCUT2D eigenvalue weighted by atomic mass is 10.1. The summed E-state index contributed by atoms with van der Waals surface area (Å²) in [5, 5.41) is 14.2. The van der Waals surface area contributed by atoms with Gasteiger partial charge in [-0.1, -0.05) is 6.07 Å². The van der Waals surface area contributed by atoms with Crippen molar-refractivity contribution in [3.05, 3.63) is 39.8 Å². The van der Waals surface area contributed by atoms with Crippen LogP contribution in [0.3, 0.4) is 0 Å². The molecule has 0 aliphatic rings. The first-order valence-corrected chi connectivity index (χ1v) is 6.02. The summed E-state index contributed by atoms with van der Waals surface area (Å²) in [6.45, 7) is 3.58. The van der Waals surface area contributed by atoms with Gasteiger partial charge in [0, 0.05) is 16.6 Å². The maximum Gasteiger partial charge on any atom is 0.275 e. The molecule has 0 bridgehead atoms. The van der Waals surface area contributed by atoms with E-state index >= 15 is 0 Å². The number of aromatic nitrogens is 1. The molecular formula is C12H12N2O2S. The minimum absolute atomic E-state index is 0.209. The third-order valence-electron chi connectivity index (χ3n) is 2.55. The maximum absolute atomic E-state index is 11.8. The lowest BCUT2D eigenvalue weighted by molar-refractivity contribution is 0.102. The number of hydrogen-bond donors (Lipinski definition) is 2. The molecule has 0 unspecified atom stereocenters. The Balaban J connectivity index is 2.25. The first-order chi connectivity index (χ1) is 8.09. The number of thiazole rings is 1. The number of hydrogen-bond acceptors (Lipinski definition) is 4. The Morgan fingerprint density at radius 1 is 1.41 bits per heavy atom. The van der Waals surface area contributed by atoms with E-state index in [2.05, 4.69) is 10.3 Å². The first-order valence-electron chi connectivity index (χ1n) is 5.08. The highest BCUT2D eigenvalue weighted by atomic mass is 32.1. The standard InChI is InChI=1S/C12H12N2O2S/c1-7-3-4-9(8(2)11(7)15)14-12(16)10-5-17-6-13-10/h3-6,15H,1-2H3,(H,14,16). The van der Waals surface area contributed by atoms with Crippen LogP contribution in [0.1, 0.15) is 21.6 Å². The normalized spacial score (nSPS) is 10.2. The van der Waals surface area contributed by atoms with E-state index in [4.69, 9.17) is 0 Å². The molecule has 4 nitrogen and oxygen atoms in total. The topological polar surface area (TPSA) is 62.2 Å². The van der Waals surface area contributed by atoms with Crippen LogP contribution in [0.5, 0.6) is 5.75 Å². The summed E-state index contributed by atoms with van der Waals surface area (Å²) < 4.78 is 0. The molecular weight excluding hydrogens is 236 g/mol. The van der Waals surface area contributed by atoms with Crippen molar-refractivity contribution in [3.8, 4) is 5.75 Å². The van der Waals surface area contributed by atoms with Crippen LogP contribution in [0, 0.1) is 13.8 Å². The molecule has 0 radical (unpaired) electrons. The molecule has 0 atom stereocenters. The van der Waals surface area contributed by atoms with E-state index in [1.165, 1.54) is 11.3 Å². The van der Waals surface area contributed by atoms with Gasteiger partial charge in [0.25, 0.3) is 5.91 Å². The van der Waals surface area contributed by atoms with Gasteiger partial charge in [0.1, 0.15) is 11.4 Å². The number of nitrogens with zero attached hydrogens (tertiary/aromatic N) is 1. The van der Waals surface area contributed by atoms with Gasteiger partial charge >= 0.3 is 0 Å². The van der Waals surface area contributed by atoms with Crippen molar-refractivity contribution >= 4 is 22.9 Å². The molecule has 17 heavy (non-hydrogen) atoms. The van der Waals surface area contributed by atoms with Crippen LogP contribution in [0.15, 0.2) is 23.0 Å². The number of aryl methyl sites for hydroxylation is 1. The van der Waals surface area contributed by atoms with Gasteiger partial charge in [-0.2, -0.15) is 0 Å². The van der Waals surface area contributed by atoms with Crippen molar-refractivity contribution in [1.29, 1.82) is 0 Å². The Labute approximate surface area is 103 Å². The second-order valence-corrected chi connectivity index (χ2v) is 4.45. The van der Waals surface area contributed by atoms with Crippen LogP contribution >= 0.6 is 11.3 Å². The Kier molecular flexibility index (Phi) is 3.10. The highest BCUT2D eigenvalue weighted by molar-refractivity contribution is 7.07. The molecule has 0 fully saturated rings. The van der Waals surface area contributed by atoms with Gasteiger partial charge in [0.15, 0.2) is 0 Å². The second-order valence-electron chi connectivity index (χ2n) is 3.73. The summed E-state index contributed by atoms with van der Waals surface area (Å²) in [7, 11) is 0. The van der Waals surface area contributed by atoms with E-state index in [-0.39, 0.29) is 11.7 Å². The van der Waals surface area contributed by atoms with E-state index in [9.17, 15) is 9.90 Å². The van der Waals surface area contributed by atoms with Gasteiger partial charge in [-0.05, 0) is 25.5 Å². The van der Waals surface area contributed by atoms with Crippen LogP contribution in [-0.4, -0.2) is 16.0 Å². The SMILES string of the molecule is Cc1ccc(NC(=O)c2cscn2)c(C)c1O. The number of rotatable bonds is 2. The zero-order valence-corrected chi connectivity index (χ0v) is 10.3. The zero-order chi connectivity index (χ0) is 12.4. The lowest BCUT2D eigenvalue weighted by Gasteiger charge is -2.10. The number of benzene rings is 1. The summed E-state index contributed by atoms with van der Waals surface area (Å²) in [4.78, 5) is 15.7. The quantitative estimate of drug-likeness (QED) is 0.859. The number of aromatic hydroxyl groups is 1. The minimum Gasteiger partial charge on any atom is -0.507 e. The van der Waals surface area contributed by atoms with E-state index in [0.717, 1.165) is 5.56 Å². The summed E-state index contributed by atoms with van der Waals surface area (Å²) >= 11 is 1.37. The summed E-state index contributed by atoms with van der Waals surface area (Å²) in [6, 6.07) is 3.54. The number of phenolic OH excluding ortho intramolecular Hbond substituents is 1. The molecule has 1 amide bonds. The molecule has 88 valence electrons. The predicted molar refractivity (Wildman–Crippen MR) is 67.6 cm³/mol. The molecule has 1 aromatic carbocycles. The van der Waals surface area contributed by atoms with Gasteiger partial charge in [-0.25, -0.2) is 4.98 Å². The van der Waals surface area contributed by atoms with Crippen molar-refractivity contribution in [3.63, 3.8) is 0 Å². The summed E-state index contributed by atoms with van der Waals surface area (Å²) in [5.74, 6) is -0.0568. The molecule has 0 spiro atoms. The number of carbonyl (C=O) groups is 1. The highest BCUT2D eigenvalue weighted by Crippen LogP contribution is 2.28. The average Bonchev–Trinajstić information content (AvgIpc) is 2.83. The van der Waals surface area contributed by atoms with Crippen molar-refractivity contribution in [2.75, 3.05) is 5.32 Å². The fraction of sp³-hybridized carbons (Fsp3) is 0.167. The Hall–Kier alpha value is -1.88. The molecule has 0 saturated heterocycles.